The Labute approximate surface area is 194 Å². The number of aliphatic hydroxyl groups excluding tert-OH is 1. The summed E-state index contributed by atoms with van der Waals surface area (Å²) in [6.45, 7) is 3.37. The summed E-state index contributed by atoms with van der Waals surface area (Å²) in [6, 6.07) is 14.2. The first-order valence-electron chi connectivity index (χ1n) is 10.0. The van der Waals surface area contributed by atoms with E-state index in [0.717, 1.165) is 6.26 Å². The number of para-hydroxylation sites is 1. The van der Waals surface area contributed by atoms with Crippen LogP contribution in [-0.2, 0) is 14.6 Å². The summed E-state index contributed by atoms with van der Waals surface area (Å²) in [6.07, 6.45) is -5.36. The number of nitrogens with one attached hydrogen (secondary N) is 1. The first kappa shape index (κ1) is 25.3. The lowest BCUT2D eigenvalue weighted by Gasteiger charge is -2.18. The van der Waals surface area contributed by atoms with Gasteiger partial charge in [-0.25, -0.2) is 8.42 Å². The van der Waals surface area contributed by atoms with Crippen molar-refractivity contribution in [3.63, 3.8) is 0 Å². The fraction of sp³-hybridized carbons (Fsp3) is 0.208. The van der Waals surface area contributed by atoms with Crippen LogP contribution in [0.1, 0.15) is 22.8 Å². The average Bonchev–Trinajstić information content (AvgIpc) is 2.72. The highest BCUT2D eigenvalue weighted by Gasteiger charge is 2.32. The van der Waals surface area contributed by atoms with Gasteiger partial charge in [0.05, 0.1) is 4.90 Å². The van der Waals surface area contributed by atoms with Crippen molar-refractivity contribution in [2.24, 2.45) is 0 Å². The molecule has 0 saturated heterocycles. The number of hydrogen-bond acceptors (Lipinski definition) is 5. The molecule has 0 aromatic heterocycles. The minimum absolute atomic E-state index is 0.0560. The van der Waals surface area contributed by atoms with Crippen LogP contribution in [0.25, 0.3) is 11.1 Å². The largest absolute Gasteiger partial charge is 0.573 e. The molecule has 34 heavy (non-hydrogen) atoms. The van der Waals surface area contributed by atoms with Crippen LogP contribution in [0.15, 0.2) is 65.6 Å². The Kier molecular flexibility index (Phi) is 7.04. The molecule has 2 N–H and O–H groups in total. The Bertz CT molecular complexity index is 1300. The number of anilines is 1. The highest BCUT2D eigenvalue weighted by molar-refractivity contribution is 7.90. The van der Waals surface area contributed by atoms with Crippen molar-refractivity contribution in [2.45, 2.75) is 31.2 Å². The molecule has 0 heterocycles. The monoisotopic (exact) mass is 493 g/mol. The van der Waals surface area contributed by atoms with Gasteiger partial charge in [0.15, 0.2) is 15.9 Å². The van der Waals surface area contributed by atoms with Crippen molar-refractivity contribution >= 4 is 21.4 Å². The van der Waals surface area contributed by atoms with Gasteiger partial charge < -0.3 is 15.2 Å². The SMILES string of the molecule is Cc1cc(NC(=O)C(O)c2ccc(S(C)(=O)=O)cc2)cc(C)c1-c1ccccc1OC(F)(F)F. The third-order valence-electron chi connectivity index (χ3n) is 5.05. The van der Waals surface area contributed by atoms with E-state index >= 15 is 0 Å². The van der Waals surface area contributed by atoms with Gasteiger partial charge in [-0.15, -0.1) is 13.2 Å². The normalized spacial score (nSPS) is 12.8. The molecule has 10 heteroatoms. The highest BCUT2D eigenvalue weighted by Crippen LogP contribution is 2.38. The number of ether oxygens (including phenoxy) is 1. The van der Waals surface area contributed by atoms with Crippen molar-refractivity contribution in [2.75, 3.05) is 11.6 Å². The second kappa shape index (κ2) is 9.47. The molecule has 0 fully saturated rings. The standard InChI is InChI=1S/C24H22F3NO5S/c1-14-12-17(28-23(30)22(29)16-8-10-18(11-9-16)34(3,31)32)13-15(2)21(14)19-6-4-5-7-20(19)33-24(25,26)27/h4-13,22,29H,1-3H3,(H,28,30). The van der Waals surface area contributed by atoms with Gasteiger partial charge in [0, 0.05) is 17.5 Å². The fourth-order valence-corrected chi connectivity index (χ4v) is 4.24. The van der Waals surface area contributed by atoms with E-state index in [9.17, 15) is 31.5 Å². The van der Waals surface area contributed by atoms with Gasteiger partial charge in [-0.2, -0.15) is 0 Å². The molecule has 1 amide bonds. The molecule has 1 atom stereocenters. The summed E-state index contributed by atoms with van der Waals surface area (Å²) < 4.78 is 65.8. The van der Waals surface area contributed by atoms with Gasteiger partial charge in [0.2, 0.25) is 0 Å². The van der Waals surface area contributed by atoms with E-state index in [2.05, 4.69) is 10.1 Å². The summed E-state index contributed by atoms with van der Waals surface area (Å²) in [7, 11) is -3.42. The van der Waals surface area contributed by atoms with E-state index in [-0.39, 0.29) is 21.8 Å². The van der Waals surface area contributed by atoms with E-state index in [4.69, 9.17) is 0 Å². The Balaban J connectivity index is 1.85. The number of amides is 1. The summed E-state index contributed by atoms with van der Waals surface area (Å²) in [5.41, 5.74) is 2.48. The molecule has 3 aromatic rings. The van der Waals surface area contributed by atoms with E-state index in [0.29, 0.717) is 22.4 Å². The molecule has 0 aliphatic heterocycles. The quantitative estimate of drug-likeness (QED) is 0.507. The van der Waals surface area contributed by atoms with Gasteiger partial charge in [-0.1, -0.05) is 30.3 Å². The van der Waals surface area contributed by atoms with E-state index in [1.165, 1.54) is 42.5 Å². The number of hydrogen-bond donors (Lipinski definition) is 2. The summed E-state index contributed by atoms with van der Waals surface area (Å²) in [4.78, 5) is 12.6. The third-order valence-corrected chi connectivity index (χ3v) is 6.18. The number of halogens is 3. The molecule has 0 bridgehead atoms. The zero-order valence-corrected chi connectivity index (χ0v) is 19.3. The van der Waals surface area contributed by atoms with Crippen molar-refractivity contribution in [1.82, 2.24) is 0 Å². The second-order valence-corrected chi connectivity index (χ2v) is 9.78. The molecule has 1 unspecified atom stereocenters. The maximum absolute atomic E-state index is 12.8. The number of aliphatic hydroxyl groups is 1. The maximum atomic E-state index is 12.8. The van der Waals surface area contributed by atoms with Crippen molar-refractivity contribution in [1.29, 1.82) is 0 Å². The van der Waals surface area contributed by atoms with Crippen LogP contribution < -0.4 is 10.1 Å². The number of aryl methyl sites for hydroxylation is 2. The van der Waals surface area contributed by atoms with Gasteiger partial charge in [0.25, 0.3) is 5.91 Å². The highest BCUT2D eigenvalue weighted by atomic mass is 32.2. The van der Waals surface area contributed by atoms with Crippen LogP contribution in [0.4, 0.5) is 18.9 Å². The number of benzene rings is 3. The molecule has 6 nitrogen and oxygen atoms in total. The molecule has 3 rings (SSSR count). The summed E-state index contributed by atoms with van der Waals surface area (Å²) in [5.74, 6) is -1.09. The van der Waals surface area contributed by atoms with E-state index in [1.54, 1.807) is 32.0 Å². The van der Waals surface area contributed by atoms with Crippen molar-refractivity contribution < 1.29 is 36.2 Å². The lowest BCUT2D eigenvalue weighted by molar-refractivity contribution is -0.274. The Hall–Kier alpha value is -3.37. The Morgan fingerprint density at radius 2 is 1.56 bits per heavy atom. The summed E-state index contributed by atoms with van der Waals surface area (Å²) in [5, 5.41) is 13.0. The first-order chi connectivity index (χ1) is 15.8. The molecule has 3 aromatic carbocycles. The lowest BCUT2D eigenvalue weighted by atomic mass is 9.94. The summed E-state index contributed by atoms with van der Waals surface area (Å²) >= 11 is 0. The molecular formula is C24H22F3NO5S. The molecular weight excluding hydrogens is 471 g/mol. The van der Waals surface area contributed by atoms with Crippen LogP contribution >= 0.6 is 0 Å². The molecule has 0 aliphatic carbocycles. The van der Waals surface area contributed by atoms with Gasteiger partial charge in [0.1, 0.15) is 5.75 Å². The third kappa shape index (κ3) is 5.95. The fourth-order valence-electron chi connectivity index (χ4n) is 3.61. The minimum Gasteiger partial charge on any atom is -0.405 e. The lowest BCUT2D eigenvalue weighted by Crippen LogP contribution is -2.21. The molecule has 0 radical (unpaired) electrons. The van der Waals surface area contributed by atoms with Gasteiger partial charge in [-0.3, -0.25) is 4.79 Å². The topological polar surface area (TPSA) is 92.7 Å². The van der Waals surface area contributed by atoms with Gasteiger partial charge >= 0.3 is 6.36 Å². The van der Waals surface area contributed by atoms with Crippen LogP contribution in [0.2, 0.25) is 0 Å². The van der Waals surface area contributed by atoms with Crippen molar-refractivity contribution in [3.8, 4) is 16.9 Å². The molecule has 0 aliphatic rings. The van der Waals surface area contributed by atoms with Crippen molar-refractivity contribution in [3.05, 3.63) is 77.4 Å². The first-order valence-corrected chi connectivity index (χ1v) is 11.9. The zero-order chi connectivity index (χ0) is 25.3. The zero-order valence-electron chi connectivity index (χ0n) is 18.5. The van der Waals surface area contributed by atoms with Crippen LogP contribution in [0.5, 0.6) is 5.75 Å². The number of rotatable bonds is 6. The van der Waals surface area contributed by atoms with Crippen LogP contribution in [-0.4, -0.2) is 32.0 Å². The van der Waals surface area contributed by atoms with Crippen LogP contribution in [0.3, 0.4) is 0 Å². The number of carbonyl (C=O) groups excluding carboxylic acids is 1. The van der Waals surface area contributed by atoms with E-state index in [1.807, 2.05) is 0 Å². The second-order valence-electron chi connectivity index (χ2n) is 7.76. The minimum atomic E-state index is -4.85. The van der Waals surface area contributed by atoms with Gasteiger partial charge in [-0.05, 0) is 66.4 Å². The number of carbonyl (C=O) groups is 1. The number of sulfone groups is 1. The Morgan fingerprint density at radius 1 is 1.00 bits per heavy atom. The average molecular weight is 494 g/mol. The van der Waals surface area contributed by atoms with E-state index < -0.39 is 28.2 Å². The molecule has 0 saturated carbocycles. The van der Waals surface area contributed by atoms with Crippen LogP contribution in [0, 0.1) is 13.8 Å². The smallest absolute Gasteiger partial charge is 0.405 e. The predicted octanol–water partition coefficient (Wildman–Crippen LogP) is 4.94. The number of alkyl halides is 3. The maximum Gasteiger partial charge on any atom is 0.573 e. The molecule has 180 valence electrons. The predicted molar refractivity (Wildman–Crippen MR) is 121 cm³/mol. The Morgan fingerprint density at radius 3 is 2.09 bits per heavy atom. The molecule has 0 spiro atoms.